The van der Waals surface area contributed by atoms with Crippen LogP contribution in [0.4, 0.5) is 4.79 Å². The minimum absolute atomic E-state index is 0.310. The van der Waals surface area contributed by atoms with Crippen LogP contribution in [0.5, 0.6) is 0 Å². The van der Waals surface area contributed by atoms with Gasteiger partial charge in [0.25, 0.3) is 0 Å². The van der Waals surface area contributed by atoms with Crippen LogP contribution < -0.4 is 16.0 Å². The van der Waals surface area contributed by atoms with Gasteiger partial charge in [-0.2, -0.15) is 5.26 Å². The van der Waals surface area contributed by atoms with Crippen LogP contribution in [0.3, 0.4) is 0 Å². The van der Waals surface area contributed by atoms with Crippen molar-refractivity contribution in [2.24, 2.45) is 5.92 Å². The molecule has 3 aliphatic rings. The first kappa shape index (κ1) is 20.8. The molecule has 1 aliphatic carbocycles. The fourth-order valence-electron chi connectivity index (χ4n) is 4.16. The highest BCUT2D eigenvalue weighted by Crippen LogP contribution is 2.27. The minimum atomic E-state index is -0.905. The van der Waals surface area contributed by atoms with E-state index in [2.05, 4.69) is 22.0 Å². The predicted molar refractivity (Wildman–Crippen MR) is 101 cm³/mol. The van der Waals surface area contributed by atoms with E-state index >= 15 is 0 Å². The summed E-state index contributed by atoms with van der Waals surface area (Å²) in [5, 5.41) is 19.8. The first-order valence-corrected chi connectivity index (χ1v) is 10.4. The smallest absolute Gasteiger partial charge is 0.379 e. The van der Waals surface area contributed by atoms with Crippen LogP contribution in [-0.2, 0) is 14.4 Å². The average Bonchev–Trinajstić information content (AvgIpc) is 3.18. The van der Waals surface area contributed by atoms with Crippen LogP contribution in [0.25, 0.3) is 0 Å². The first-order valence-electron chi connectivity index (χ1n) is 10.4. The number of nitrogens with one attached hydrogen (secondary N) is 3. The zero-order valence-corrected chi connectivity index (χ0v) is 16.4. The van der Waals surface area contributed by atoms with E-state index in [4.69, 9.17) is 9.57 Å². The van der Waals surface area contributed by atoms with Crippen molar-refractivity contribution in [2.75, 3.05) is 39.4 Å². The summed E-state index contributed by atoms with van der Waals surface area (Å²) in [4.78, 5) is 30.7. The summed E-state index contributed by atoms with van der Waals surface area (Å²) in [6, 6.07) is 1.52. The van der Waals surface area contributed by atoms with Gasteiger partial charge in [0.1, 0.15) is 11.6 Å². The summed E-state index contributed by atoms with van der Waals surface area (Å²) in [6.45, 7) is 3.15. The maximum atomic E-state index is 13.0. The standard InChI is InChI=1S/C19H31N5O4/c20-13-19(6-7-21-14-19)23-17(25)16(12-15-4-2-1-3-5-15)22-18(26)28-24-8-10-27-11-9-24/h15-16,21H,1-12,14H2,(H,22,26)(H,23,25). The molecule has 0 bridgehead atoms. The summed E-state index contributed by atoms with van der Waals surface area (Å²) in [6.07, 6.45) is 6.16. The molecule has 0 aromatic carbocycles. The fraction of sp³-hybridized carbons (Fsp3) is 0.842. The van der Waals surface area contributed by atoms with E-state index in [1.165, 1.54) is 6.42 Å². The second-order valence-electron chi connectivity index (χ2n) is 7.97. The lowest BCUT2D eigenvalue weighted by atomic mass is 9.84. The number of hydrogen-bond acceptors (Lipinski definition) is 7. The van der Waals surface area contributed by atoms with Crippen molar-refractivity contribution in [3.05, 3.63) is 0 Å². The largest absolute Gasteiger partial charge is 0.426 e. The molecule has 1 saturated carbocycles. The Bertz CT molecular complexity index is 575. The number of rotatable bonds is 6. The van der Waals surface area contributed by atoms with Gasteiger partial charge in [-0.25, -0.2) is 4.79 Å². The van der Waals surface area contributed by atoms with Crippen LogP contribution in [0, 0.1) is 17.2 Å². The molecule has 3 rings (SSSR count). The predicted octanol–water partition coefficient (Wildman–Crippen LogP) is 0.671. The van der Waals surface area contributed by atoms with E-state index in [9.17, 15) is 14.9 Å². The Morgan fingerprint density at radius 2 is 2.04 bits per heavy atom. The molecule has 156 valence electrons. The van der Waals surface area contributed by atoms with Gasteiger partial charge in [0.15, 0.2) is 0 Å². The SMILES string of the molecule is N#CC1(NC(=O)C(CC2CCCCC2)NC(=O)ON2CCOCC2)CCNC1. The van der Waals surface area contributed by atoms with Crippen LogP contribution in [0.1, 0.15) is 44.9 Å². The third-order valence-corrected chi connectivity index (χ3v) is 5.82. The maximum Gasteiger partial charge on any atom is 0.426 e. The van der Waals surface area contributed by atoms with Gasteiger partial charge in [-0.1, -0.05) is 32.1 Å². The molecule has 2 atom stereocenters. The second kappa shape index (κ2) is 10.0. The Kier molecular flexibility index (Phi) is 7.48. The molecule has 9 nitrogen and oxygen atoms in total. The molecule has 2 amide bonds. The molecule has 9 heteroatoms. The highest BCUT2D eigenvalue weighted by molar-refractivity contribution is 5.86. The van der Waals surface area contributed by atoms with Crippen molar-refractivity contribution in [3.8, 4) is 6.07 Å². The lowest BCUT2D eigenvalue weighted by Crippen LogP contribution is -2.57. The van der Waals surface area contributed by atoms with Crippen molar-refractivity contribution < 1.29 is 19.2 Å². The van der Waals surface area contributed by atoms with Crippen molar-refractivity contribution in [1.82, 2.24) is 21.0 Å². The quantitative estimate of drug-likeness (QED) is 0.607. The van der Waals surface area contributed by atoms with Crippen LogP contribution in [-0.4, -0.2) is 68.0 Å². The highest BCUT2D eigenvalue weighted by Gasteiger charge is 2.38. The molecule has 2 unspecified atom stereocenters. The van der Waals surface area contributed by atoms with Crippen LogP contribution in [0.2, 0.25) is 0 Å². The topological polar surface area (TPSA) is 116 Å². The third-order valence-electron chi connectivity index (χ3n) is 5.82. The Hall–Kier alpha value is -1.89. The van der Waals surface area contributed by atoms with Gasteiger partial charge in [0, 0.05) is 6.54 Å². The van der Waals surface area contributed by atoms with Gasteiger partial charge < -0.3 is 25.5 Å². The molecule has 3 N–H and O–H groups in total. The van der Waals surface area contributed by atoms with E-state index in [1.54, 1.807) is 5.06 Å². The third kappa shape index (κ3) is 5.80. The van der Waals surface area contributed by atoms with Gasteiger partial charge in [-0.3, -0.25) is 4.79 Å². The molecule has 0 aromatic heterocycles. The molecule has 0 spiro atoms. The second-order valence-corrected chi connectivity index (χ2v) is 7.97. The molecule has 28 heavy (non-hydrogen) atoms. The number of carbonyl (C=O) groups is 2. The Morgan fingerprint density at radius 3 is 2.68 bits per heavy atom. The Morgan fingerprint density at radius 1 is 1.29 bits per heavy atom. The minimum Gasteiger partial charge on any atom is -0.379 e. The number of hydroxylamine groups is 2. The highest BCUT2D eigenvalue weighted by atomic mass is 16.7. The number of hydrogen-bond donors (Lipinski definition) is 3. The zero-order valence-electron chi connectivity index (χ0n) is 16.4. The van der Waals surface area contributed by atoms with Crippen LogP contribution >= 0.6 is 0 Å². The van der Waals surface area contributed by atoms with E-state index < -0.39 is 17.7 Å². The van der Waals surface area contributed by atoms with Gasteiger partial charge in [-0.05, 0) is 25.3 Å². The first-order chi connectivity index (χ1) is 13.6. The molecular formula is C19H31N5O4. The number of nitrogens with zero attached hydrogens (tertiary/aromatic N) is 2. The Balaban J connectivity index is 1.60. The Labute approximate surface area is 166 Å². The lowest BCUT2D eigenvalue weighted by molar-refractivity contribution is -0.147. The molecule has 2 heterocycles. The summed E-state index contributed by atoms with van der Waals surface area (Å²) in [5.74, 6) is 0.0858. The summed E-state index contributed by atoms with van der Waals surface area (Å²) in [7, 11) is 0. The maximum absolute atomic E-state index is 13.0. The summed E-state index contributed by atoms with van der Waals surface area (Å²) >= 11 is 0. The zero-order chi connectivity index (χ0) is 19.8. The molecule has 2 aliphatic heterocycles. The molecule has 0 aromatic rings. The molecule has 0 radical (unpaired) electrons. The van der Waals surface area contributed by atoms with E-state index in [0.29, 0.717) is 58.2 Å². The molecule has 2 saturated heterocycles. The van der Waals surface area contributed by atoms with Gasteiger partial charge in [0.05, 0.1) is 32.4 Å². The van der Waals surface area contributed by atoms with Crippen molar-refractivity contribution in [1.29, 1.82) is 5.26 Å². The average molecular weight is 393 g/mol. The van der Waals surface area contributed by atoms with Crippen molar-refractivity contribution in [2.45, 2.75) is 56.5 Å². The fourth-order valence-corrected chi connectivity index (χ4v) is 4.16. The van der Waals surface area contributed by atoms with Crippen LogP contribution in [0.15, 0.2) is 0 Å². The van der Waals surface area contributed by atoms with E-state index in [1.807, 2.05) is 0 Å². The molecular weight excluding hydrogens is 362 g/mol. The normalized spacial score (nSPS) is 27.5. The summed E-state index contributed by atoms with van der Waals surface area (Å²) in [5.41, 5.74) is -0.905. The summed E-state index contributed by atoms with van der Waals surface area (Å²) < 4.78 is 5.24. The van der Waals surface area contributed by atoms with E-state index in [0.717, 1.165) is 25.7 Å². The number of ether oxygens (including phenoxy) is 1. The van der Waals surface area contributed by atoms with Gasteiger partial charge >= 0.3 is 6.09 Å². The van der Waals surface area contributed by atoms with Gasteiger partial charge in [0.2, 0.25) is 5.91 Å². The number of amides is 2. The number of morpholine rings is 1. The molecule has 3 fully saturated rings. The lowest BCUT2D eigenvalue weighted by Gasteiger charge is -2.30. The number of nitriles is 1. The number of carbonyl (C=O) groups excluding carboxylic acids is 2. The van der Waals surface area contributed by atoms with Crippen molar-refractivity contribution >= 4 is 12.0 Å². The van der Waals surface area contributed by atoms with E-state index in [-0.39, 0.29) is 5.91 Å². The monoisotopic (exact) mass is 393 g/mol. The van der Waals surface area contributed by atoms with Gasteiger partial charge in [-0.15, -0.1) is 5.06 Å². The van der Waals surface area contributed by atoms with Crippen molar-refractivity contribution in [3.63, 3.8) is 0 Å².